The van der Waals surface area contributed by atoms with Crippen LogP contribution in [0, 0.1) is 0 Å². The third kappa shape index (κ3) is 2.72. The molecule has 1 rings (SSSR count). The van der Waals surface area contributed by atoms with Gasteiger partial charge in [-0.2, -0.15) is 0 Å². The van der Waals surface area contributed by atoms with Crippen molar-refractivity contribution < 1.29 is 14.6 Å². The Morgan fingerprint density at radius 3 is 3.18 bits per heavy atom. The Morgan fingerprint density at radius 2 is 2.64 bits per heavy atom. The molecule has 2 atom stereocenters. The SMILES string of the molecule is CC(O)C[C@H]1CC=CC(=O)O1. The number of ether oxygens (including phenoxy) is 1. The normalized spacial score (nSPS) is 26.4. The molecule has 3 heteroatoms. The number of esters is 1. The van der Waals surface area contributed by atoms with E-state index in [9.17, 15) is 4.79 Å². The van der Waals surface area contributed by atoms with Gasteiger partial charge in [-0.3, -0.25) is 0 Å². The van der Waals surface area contributed by atoms with E-state index in [1.165, 1.54) is 6.08 Å². The molecule has 62 valence electrons. The molecule has 0 aromatic rings. The topological polar surface area (TPSA) is 46.5 Å². The van der Waals surface area contributed by atoms with Crippen molar-refractivity contribution in [2.45, 2.75) is 32.0 Å². The van der Waals surface area contributed by atoms with E-state index >= 15 is 0 Å². The largest absolute Gasteiger partial charge is 0.459 e. The number of cyclic esters (lactones) is 1. The van der Waals surface area contributed by atoms with Gasteiger partial charge in [-0.1, -0.05) is 6.08 Å². The van der Waals surface area contributed by atoms with Gasteiger partial charge in [0.15, 0.2) is 0 Å². The molecule has 0 saturated carbocycles. The van der Waals surface area contributed by atoms with Crippen LogP contribution >= 0.6 is 0 Å². The van der Waals surface area contributed by atoms with Crippen LogP contribution in [0.4, 0.5) is 0 Å². The van der Waals surface area contributed by atoms with Crippen molar-refractivity contribution in [1.82, 2.24) is 0 Å². The van der Waals surface area contributed by atoms with E-state index in [0.717, 1.165) is 6.42 Å². The molecule has 0 bridgehead atoms. The Hall–Kier alpha value is -0.830. The maximum Gasteiger partial charge on any atom is 0.330 e. The molecule has 3 nitrogen and oxygen atoms in total. The molecular formula is C8H12O3. The van der Waals surface area contributed by atoms with Gasteiger partial charge in [0.1, 0.15) is 6.10 Å². The van der Waals surface area contributed by atoms with E-state index in [4.69, 9.17) is 9.84 Å². The first-order valence-electron chi connectivity index (χ1n) is 3.73. The number of carbonyl (C=O) groups is 1. The molecule has 1 N–H and O–H groups in total. The van der Waals surface area contributed by atoms with E-state index in [1.807, 2.05) is 0 Å². The molecule has 0 fully saturated rings. The average Bonchev–Trinajstić information content (AvgIpc) is 1.85. The van der Waals surface area contributed by atoms with Crippen LogP contribution < -0.4 is 0 Å². The van der Waals surface area contributed by atoms with E-state index in [-0.39, 0.29) is 12.1 Å². The quantitative estimate of drug-likeness (QED) is 0.596. The van der Waals surface area contributed by atoms with Crippen molar-refractivity contribution in [2.24, 2.45) is 0 Å². The number of hydrogen-bond acceptors (Lipinski definition) is 3. The second kappa shape index (κ2) is 3.53. The third-order valence-electron chi connectivity index (χ3n) is 1.54. The van der Waals surface area contributed by atoms with Crippen LogP contribution in [0.2, 0.25) is 0 Å². The minimum Gasteiger partial charge on any atom is -0.459 e. The molecule has 0 aromatic heterocycles. The van der Waals surface area contributed by atoms with Crippen molar-refractivity contribution in [2.75, 3.05) is 0 Å². The van der Waals surface area contributed by atoms with Crippen LogP contribution in [-0.2, 0) is 9.53 Å². The predicted molar refractivity (Wildman–Crippen MR) is 39.9 cm³/mol. The van der Waals surface area contributed by atoms with Gasteiger partial charge in [0.2, 0.25) is 0 Å². The monoisotopic (exact) mass is 156 g/mol. The van der Waals surface area contributed by atoms with Gasteiger partial charge in [-0.05, 0) is 6.92 Å². The van der Waals surface area contributed by atoms with Crippen molar-refractivity contribution in [3.63, 3.8) is 0 Å². The van der Waals surface area contributed by atoms with Gasteiger partial charge in [0.25, 0.3) is 0 Å². The summed E-state index contributed by atoms with van der Waals surface area (Å²) in [4.78, 5) is 10.7. The first-order chi connectivity index (χ1) is 5.18. The van der Waals surface area contributed by atoms with Crippen LogP contribution in [-0.4, -0.2) is 23.3 Å². The van der Waals surface area contributed by atoms with E-state index in [1.54, 1.807) is 13.0 Å². The zero-order valence-corrected chi connectivity index (χ0v) is 6.49. The molecule has 1 heterocycles. The summed E-state index contributed by atoms with van der Waals surface area (Å²) in [5, 5.41) is 8.98. The van der Waals surface area contributed by atoms with E-state index in [0.29, 0.717) is 6.42 Å². The zero-order valence-electron chi connectivity index (χ0n) is 6.49. The summed E-state index contributed by atoms with van der Waals surface area (Å²) in [6, 6.07) is 0. The summed E-state index contributed by atoms with van der Waals surface area (Å²) in [7, 11) is 0. The van der Waals surface area contributed by atoms with Crippen LogP contribution in [0.25, 0.3) is 0 Å². The summed E-state index contributed by atoms with van der Waals surface area (Å²) in [5.41, 5.74) is 0. The van der Waals surface area contributed by atoms with Gasteiger partial charge in [0.05, 0.1) is 6.10 Å². The van der Waals surface area contributed by atoms with Crippen LogP contribution in [0.3, 0.4) is 0 Å². The average molecular weight is 156 g/mol. The highest BCUT2D eigenvalue weighted by molar-refractivity contribution is 5.82. The molecule has 0 spiro atoms. The Kier molecular flexibility index (Phi) is 2.65. The molecule has 1 aliphatic heterocycles. The fourth-order valence-electron chi connectivity index (χ4n) is 1.09. The summed E-state index contributed by atoms with van der Waals surface area (Å²) in [6.45, 7) is 1.69. The summed E-state index contributed by atoms with van der Waals surface area (Å²) in [5.74, 6) is -0.304. The highest BCUT2D eigenvalue weighted by Crippen LogP contribution is 2.12. The lowest BCUT2D eigenvalue weighted by Gasteiger charge is -2.19. The Labute approximate surface area is 65.7 Å². The molecule has 0 radical (unpaired) electrons. The minimum absolute atomic E-state index is 0.132. The second-order valence-corrected chi connectivity index (χ2v) is 2.78. The Morgan fingerprint density at radius 1 is 1.91 bits per heavy atom. The summed E-state index contributed by atoms with van der Waals surface area (Å²) < 4.78 is 4.91. The summed E-state index contributed by atoms with van der Waals surface area (Å²) >= 11 is 0. The standard InChI is InChI=1S/C8H12O3/c1-6(9)5-7-3-2-4-8(10)11-7/h2,4,6-7,9H,3,5H2,1H3/t6?,7-/m1/s1. The zero-order chi connectivity index (χ0) is 8.27. The first-order valence-corrected chi connectivity index (χ1v) is 3.73. The smallest absolute Gasteiger partial charge is 0.330 e. The maximum absolute atomic E-state index is 10.7. The molecule has 0 saturated heterocycles. The number of carbonyl (C=O) groups excluding carboxylic acids is 1. The van der Waals surface area contributed by atoms with Crippen molar-refractivity contribution >= 4 is 5.97 Å². The third-order valence-corrected chi connectivity index (χ3v) is 1.54. The molecule has 1 aliphatic rings. The van der Waals surface area contributed by atoms with Crippen LogP contribution in [0.5, 0.6) is 0 Å². The van der Waals surface area contributed by atoms with Crippen molar-refractivity contribution in [1.29, 1.82) is 0 Å². The molecule has 0 aromatic carbocycles. The highest BCUT2D eigenvalue weighted by Gasteiger charge is 2.17. The summed E-state index contributed by atoms with van der Waals surface area (Å²) in [6.07, 6.45) is 3.90. The Bertz CT molecular complexity index is 172. The number of aliphatic hydroxyl groups is 1. The van der Waals surface area contributed by atoms with Gasteiger partial charge in [-0.25, -0.2) is 4.79 Å². The minimum atomic E-state index is -0.403. The van der Waals surface area contributed by atoms with E-state index < -0.39 is 6.10 Å². The fourth-order valence-corrected chi connectivity index (χ4v) is 1.09. The lowest BCUT2D eigenvalue weighted by Crippen LogP contribution is -2.23. The van der Waals surface area contributed by atoms with Gasteiger partial charge in [-0.15, -0.1) is 0 Å². The molecule has 1 unspecified atom stereocenters. The van der Waals surface area contributed by atoms with Crippen molar-refractivity contribution in [3.8, 4) is 0 Å². The number of hydrogen-bond donors (Lipinski definition) is 1. The lowest BCUT2D eigenvalue weighted by molar-refractivity contribution is -0.145. The van der Waals surface area contributed by atoms with Crippen LogP contribution in [0.15, 0.2) is 12.2 Å². The van der Waals surface area contributed by atoms with Crippen molar-refractivity contribution in [3.05, 3.63) is 12.2 Å². The number of aliphatic hydroxyl groups excluding tert-OH is 1. The predicted octanol–water partition coefficient (Wildman–Crippen LogP) is 0.629. The maximum atomic E-state index is 10.7. The van der Waals surface area contributed by atoms with Gasteiger partial charge < -0.3 is 9.84 Å². The molecule has 0 aliphatic carbocycles. The highest BCUT2D eigenvalue weighted by atomic mass is 16.5. The van der Waals surface area contributed by atoms with E-state index in [2.05, 4.69) is 0 Å². The van der Waals surface area contributed by atoms with Gasteiger partial charge in [0, 0.05) is 18.9 Å². The first kappa shape index (κ1) is 8.27. The van der Waals surface area contributed by atoms with Gasteiger partial charge >= 0.3 is 5.97 Å². The fraction of sp³-hybridized carbons (Fsp3) is 0.625. The molecular weight excluding hydrogens is 144 g/mol. The lowest BCUT2D eigenvalue weighted by atomic mass is 10.1. The Balaban J connectivity index is 2.37. The van der Waals surface area contributed by atoms with Crippen LogP contribution in [0.1, 0.15) is 19.8 Å². The molecule has 0 amide bonds. The number of rotatable bonds is 2. The molecule has 11 heavy (non-hydrogen) atoms. The second-order valence-electron chi connectivity index (χ2n) is 2.78.